The number of unbranched alkanes of at least 4 members (excludes halogenated alkanes) is 1. The van der Waals surface area contributed by atoms with E-state index >= 15 is 0 Å². The summed E-state index contributed by atoms with van der Waals surface area (Å²) in [4.78, 5) is 3.42. The molecule has 0 N–H and O–H groups in total. The van der Waals surface area contributed by atoms with Crippen molar-refractivity contribution in [1.29, 1.82) is 0 Å². The second-order valence-corrected chi connectivity index (χ2v) is 4.72. The molecular formula is C19H17N. The van der Waals surface area contributed by atoms with Crippen LogP contribution in [0.4, 0.5) is 5.69 Å². The largest absolute Gasteiger partial charge is 0.238 e. The van der Waals surface area contributed by atoms with Crippen LogP contribution in [0.5, 0.6) is 0 Å². The standard InChI is InChI=1S/C19H17N/c1-3-4-7-16-8-5-9-17(14-16)12-13-18-10-6-11-19(15-18)20-2/h5-6,8-11,14-15H,3-4,7H2,1H3. The van der Waals surface area contributed by atoms with Crippen molar-refractivity contribution in [2.75, 3.05) is 0 Å². The van der Waals surface area contributed by atoms with Gasteiger partial charge in [0.2, 0.25) is 0 Å². The summed E-state index contributed by atoms with van der Waals surface area (Å²) in [5.41, 5.74) is 3.89. The molecule has 0 radical (unpaired) electrons. The fourth-order valence-electron chi connectivity index (χ4n) is 1.98. The van der Waals surface area contributed by atoms with Gasteiger partial charge in [0, 0.05) is 11.1 Å². The van der Waals surface area contributed by atoms with Crippen molar-refractivity contribution in [2.45, 2.75) is 26.2 Å². The minimum Gasteiger partial charge on any atom is -0.238 e. The summed E-state index contributed by atoms with van der Waals surface area (Å²) in [6.45, 7) is 9.21. The predicted octanol–water partition coefficient (Wildman–Crippen LogP) is 4.98. The molecule has 0 aliphatic heterocycles. The van der Waals surface area contributed by atoms with Crippen molar-refractivity contribution >= 4 is 5.69 Å². The van der Waals surface area contributed by atoms with Gasteiger partial charge in [-0.1, -0.05) is 49.5 Å². The van der Waals surface area contributed by atoms with Crippen molar-refractivity contribution in [3.63, 3.8) is 0 Å². The topological polar surface area (TPSA) is 4.36 Å². The minimum atomic E-state index is 0.633. The maximum Gasteiger partial charge on any atom is 0.188 e. The lowest BCUT2D eigenvalue weighted by atomic mass is 10.1. The first-order chi connectivity index (χ1) is 9.81. The maximum atomic E-state index is 7.01. The van der Waals surface area contributed by atoms with Gasteiger partial charge < -0.3 is 0 Å². The summed E-state index contributed by atoms with van der Waals surface area (Å²) in [7, 11) is 0. The molecule has 2 aromatic carbocycles. The van der Waals surface area contributed by atoms with Gasteiger partial charge in [-0.05, 0) is 42.7 Å². The lowest BCUT2D eigenvalue weighted by Crippen LogP contribution is -1.85. The quantitative estimate of drug-likeness (QED) is 0.541. The SMILES string of the molecule is [C-]#[N+]c1cccc(C#Cc2cccc(CCCC)c2)c1. The van der Waals surface area contributed by atoms with E-state index in [9.17, 15) is 0 Å². The molecule has 2 aromatic rings. The van der Waals surface area contributed by atoms with E-state index in [4.69, 9.17) is 6.57 Å². The average Bonchev–Trinajstić information content (AvgIpc) is 2.51. The molecule has 2 rings (SSSR count). The lowest BCUT2D eigenvalue weighted by Gasteiger charge is -2.00. The van der Waals surface area contributed by atoms with Gasteiger partial charge >= 0.3 is 0 Å². The Kier molecular flexibility index (Phi) is 4.99. The van der Waals surface area contributed by atoms with Gasteiger partial charge in [0.15, 0.2) is 5.69 Å². The van der Waals surface area contributed by atoms with Gasteiger partial charge in [-0.25, -0.2) is 4.85 Å². The van der Waals surface area contributed by atoms with Crippen LogP contribution >= 0.6 is 0 Å². The molecule has 0 aliphatic carbocycles. The highest BCUT2D eigenvalue weighted by Gasteiger charge is 1.94. The third-order valence-corrected chi connectivity index (χ3v) is 3.07. The molecule has 0 aliphatic rings. The van der Waals surface area contributed by atoms with Crippen molar-refractivity contribution in [1.82, 2.24) is 0 Å². The predicted molar refractivity (Wildman–Crippen MR) is 83.7 cm³/mol. The van der Waals surface area contributed by atoms with Crippen LogP contribution < -0.4 is 0 Å². The molecule has 98 valence electrons. The van der Waals surface area contributed by atoms with Gasteiger partial charge in [0.25, 0.3) is 0 Å². The molecule has 0 heterocycles. The highest BCUT2D eigenvalue weighted by molar-refractivity contribution is 5.52. The van der Waals surface area contributed by atoms with Crippen molar-refractivity contribution in [2.24, 2.45) is 0 Å². The first kappa shape index (κ1) is 13.9. The highest BCUT2D eigenvalue weighted by atomic mass is 14.6. The van der Waals surface area contributed by atoms with Crippen molar-refractivity contribution < 1.29 is 0 Å². The monoisotopic (exact) mass is 259 g/mol. The Labute approximate surface area is 121 Å². The fourth-order valence-corrected chi connectivity index (χ4v) is 1.98. The van der Waals surface area contributed by atoms with Gasteiger partial charge in [0.1, 0.15) is 0 Å². The Morgan fingerprint density at radius 3 is 2.40 bits per heavy atom. The summed E-state index contributed by atoms with van der Waals surface area (Å²) >= 11 is 0. The van der Waals surface area contributed by atoms with Crippen molar-refractivity contribution in [3.05, 3.63) is 76.6 Å². The van der Waals surface area contributed by atoms with Crippen LogP contribution in [0.3, 0.4) is 0 Å². The van der Waals surface area contributed by atoms with Crippen LogP contribution in [0, 0.1) is 18.4 Å². The Morgan fingerprint density at radius 1 is 1.00 bits per heavy atom. The zero-order valence-corrected chi connectivity index (χ0v) is 11.7. The van der Waals surface area contributed by atoms with E-state index < -0.39 is 0 Å². The smallest absolute Gasteiger partial charge is 0.188 e. The van der Waals surface area contributed by atoms with Gasteiger partial charge in [-0.3, -0.25) is 0 Å². The average molecular weight is 259 g/mol. The van der Waals surface area contributed by atoms with Crippen molar-refractivity contribution in [3.8, 4) is 11.8 Å². The Morgan fingerprint density at radius 2 is 1.70 bits per heavy atom. The number of rotatable bonds is 3. The fraction of sp³-hybridized carbons (Fsp3) is 0.211. The molecule has 0 spiro atoms. The molecule has 0 atom stereocenters. The zero-order valence-electron chi connectivity index (χ0n) is 11.7. The molecule has 0 aromatic heterocycles. The first-order valence-electron chi connectivity index (χ1n) is 6.90. The van der Waals surface area contributed by atoms with Crippen LogP contribution in [0.15, 0.2) is 48.5 Å². The Hall–Kier alpha value is -2.51. The van der Waals surface area contributed by atoms with E-state index in [-0.39, 0.29) is 0 Å². The minimum absolute atomic E-state index is 0.633. The second-order valence-electron chi connectivity index (χ2n) is 4.72. The van der Waals surface area contributed by atoms with E-state index in [0.717, 1.165) is 17.5 Å². The zero-order chi connectivity index (χ0) is 14.2. The summed E-state index contributed by atoms with van der Waals surface area (Å²) < 4.78 is 0. The third kappa shape index (κ3) is 4.01. The highest BCUT2D eigenvalue weighted by Crippen LogP contribution is 2.13. The van der Waals surface area contributed by atoms with Crippen LogP contribution in [0.25, 0.3) is 4.85 Å². The lowest BCUT2D eigenvalue weighted by molar-refractivity contribution is 0.795. The molecule has 0 bridgehead atoms. The third-order valence-electron chi connectivity index (χ3n) is 3.07. The summed E-state index contributed by atoms with van der Waals surface area (Å²) in [5, 5.41) is 0. The maximum absolute atomic E-state index is 7.01. The number of hydrogen-bond donors (Lipinski definition) is 0. The molecule has 0 unspecified atom stereocenters. The van der Waals surface area contributed by atoms with E-state index in [1.165, 1.54) is 18.4 Å². The molecular weight excluding hydrogens is 242 g/mol. The molecule has 1 nitrogen and oxygen atoms in total. The van der Waals surface area contributed by atoms with Crippen LogP contribution in [0.2, 0.25) is 0 Å². The second kappa shape index (κ2) is 7.17. The molecule has 0 saturated carbocycles. The molecule has 0 amide bonds. The van der Waals surface area contributed by atoms with E-state index in [1.54, 1.807) is 6.07 Å². The van der Waals surface area contributed by atoms with E-state index in [1.807, 2.05) is 24.3 Å². The summed E-state index contributed by atoms with van der Waals surface area (Å²) in [5.74, 6) is 6.30. The number of hydrogen-bond acceptors (Lipinski definition) is 0. The van der Waals surface area contributed by atoms with Crippen LogP contribution in [-0.2, 0) is 6.42 Å². The normalized spacial score (nSPS) is 9.40. The number of nitrogens with zero attached hydrogens (tertiary/aromatic N) is 1. The van der Waals surface area contributed by atoms with Gasteiger partial charge in [0.05, 0.1) is 6.57 Å². The van der Waals surface area contributed by atoms with Gasteiger partial charge in [-0.15, -0.1) is 0 Å². The Bertz CT molecular complexity index is 681. The van der Waals surface area contributed by atoms with Gasteiger partial charge in [-0.2, -0.15) is 0 Å². The molecule has 20 heavy (non-hydrogen) atoms. The summed E-state index contributed by atoms with van der Waals surface area (Å²) in [6.07, 6.45) is 3.53. The Balaban J connectivity index is 2.17. The van der Waals surface area contributed by atoms with Crippen LogP contribution in [0.1, 0.15) is 36.5 Å². The molecule has 0 saturated heterocycles. The molecule has 1 heteroatoms. The summed E-state index contributed by atoms with van der Waals surface area (Å²) in [6, 6.07) is 15.8. The van der Waals surface area contributed by atoms with E-state index in [2.05, 4.69) is 41.8 Å². The first-order valence-corrected chi connectivity index (χ1v) is 6.90. The number of aryl methyl sites for hydroxylation is 1. The number of benzene rings is 2. The van der Waals surface area contributed by atoms with Crippen LogP contribution in [-0.4, -0.2) is 0 Å². The molecule has 0 fully saturated rings. The van der Waals surface area contributed by atoms with E-state index in [0.29, 0.717) is 5.69 Å².